The van der Waals surface area contributed by atoms with E-state index in [0.717, 1.165) is 13.0 Å². The SMILES string of the molecule is CCCNC(C#N)COc1cccc([N+](=O)[O-])c1. The van der Waals surface area contributed by atoms with Crippen molar-refractivity contribution in [2.45, 2.75) is 19.4 Å². The number of nitro groups is 1. The van der Waals surface area contributed by atoms with E-state index in [2.05, 4.69) is 11.4 Å². The summed E-state index contributed by atoms with van der Waals surface area (Å²) >= 11 is 0. The number of hydrogen-bond acceptors (Lipinski definition) is 5. The van der Waals surface area contributed by atoms with E-state index in [1.807, 2.05) is 6.92 Å². The van der Waals surface area contributed by atoms with Crippen molar-refractivity contribution in [1.29, 1.82) is 5.26 Å². The van der Waals surface area contributed by atoms with E-state index in [0.29, 0.717) is 5.75 Å². The highest BCUT2D eigenvalue weighted by atomic mass is 16.6. The van der Waals surface area contributed by atoms with Gasteiger partial charge < -0.3 is 4.74 Å². The van der Waals surface area contributed by atoms with Gasteiger partial charge in [0.1, 0.15) is 18.4 Å². The van der Waals surface area contributed by atoms with Gasteiger partial charge in [0.05, 0.1) is 17.1 Å². The van der Waals surface area contributed by atoms with Crippen LogP contribution in [0.4, 0.5) is 5.69 Å². The minimum absolute atomic E-state index is 0.0254. The van der Waals surface area contributed by atoms with Gasteiger partial charge in [-0.25, -0.2) is 0 Å². The lowest BCUT2D eigenvalue weighted by atomic mass is 10.3. The monoisotopic (exact) mass is 249 g/mol. The van der Waals surface area contributed by atoms with Crippen LogP contribution in [0.2, 0.25) is 0 Å². The first-order valence-corrected chi connectivity index (χ1v) is 5.67. The maximum absolute atomic E-state index is 10.6. The third-order valence-electron chi connectivity index (χ3n) is 2.24. The second kappa shape index (κ2) is 7.25. The van der Waals surface area contributed by atoms with Crippen LogP contribution in [0.1, 0.15) is 13.3 Å². The first-order valence-electron chi connectivity index (χ1n) is 5.67. The summed E-state index contributed by atoms with van der Waals surface area (Å²) in [6.07, 6.45) is 0.926. The fourth-order valence-electron chi connectivity index (χ4n) is 1.33. The van der Waals surface area contributed by atoms with Crippen molar-refractivity contribution in [3.8, 4) is 11.8 Å². The number of hydrogen-bond donors (Lipinski definition) is 1. The molecule has 0 heterocycles. The van der Waals surface area contributed by atoms with Crippen LogP contribution in [0.25, 0.3) is 0 Å². The highest BCUT2D eigenvalue weighted by Crippen LogP contribution is 2.19. The van der Waals surface area contributed by atoms with Crippen LogP contribution in [0.5, 0.6) is 5.75 Å². The normalized spacial score (nSPS) is 11.6. The van der Waals surface area contributed by atoms with E-state index in [-0.39, 0.29) is 12.3 Å². The second-order valence-electron chi connectivity index (χ2n) is 3.70. The predicted octanol–water partition coefficient (Wildman–Crippen LogP) is 1.87. The lowest BCUT2D eigenvalue weighted by molar-refractivity contribution is -0.384. The van der Waals surface area contributed by atoms with Crippen LogP contribution in [0.3, 0.4) is 0 Å². The molecule has 0 amide bonds. The number of non-ortho nitro benzene ring substituents is 1. The van der Waals surface area contributed by atoms with Crippen LogP contribution < -0.4 is 10.1 Å². The van der Waals surface area contributed by atoms with Crippen molar-refractivity contribution in [2.24, 2.45) is 0 Å². The number of rotatable bonds is 7. The number of nitro benzene ring substituents is 1. The van der Waals surface area contributed by atoms with Crippen molar-refractivity contribution in [3.05, 3.63) is 34.4 Å². The lowest BCUT2D eigenvalue weighted by Gasteiger charge is -2.12. The molecule has 18 heavy (non-hydrogen) atoms. The molecule has 1 unspecified atom stereocenters. The molecule has 0 aromatic heterocycles. The average molecular weight is 249 g/mol. The molecule has 6 heteroatoms. The molecule has 0 saturated carbocycles. The fourth-order valence-corrected chi connectivity index (χ4v) is 1.33. The minimum Gasteiger partial charge on any atom is -0.491 e. The number of benzene rings is 1. The summed E-state index contributed by atoms with van der Waals surface area (Å²) < 4.78 is 5.36. The summed E-state index contributed by atoms with van der Waals surface area (Å²) in [7, 11) is 0. The summed E-state index contributed by atoms with van der Waals surface area (Å²) in [6, 6.07) is 7.57. The zero-order valence-corrected chi connectivity index (χ0v) is 10.1. The third-order valence-corrected chi connectivity index (χ3v) is 2.24. The van der Waals surface area contributed by atoms with E-state index >= 15 is 0 Å². The van der Waals surface area contributed by atoms with E-state index < -0.39 is 11.0 Å². The largest absolute Gasteiger partial charge is 0.491 e. The Bertz CT molecular complexity index is 442. The zero-order valence-electron chi connectivity index (χ0n) is 10.1. The van der Waals surface area contributed by atoms with Crippen LogP contribution >= 0.6 is 0 Å². The van der Waals surface area contributed by atoms with Crippen molar-refractivity contribution in [2.75, 3.05) is 13.2 Å². The van der Waals surface area contributed by atoms with Gasteiger partial charge in [-0.1, -0.05) is 13.0 Å². The number of ether oxygens (including phenoxy) is 1. The quantitative estimate of drug-likeness (QED) is 0.588. The van der Waals surface area contributed by atoms with Gasteiger partial charge in [-0.2, -0.15) is 5.26 Å². The van der Waals surface area contributed by atoms with Crippen molar-refractivity contribution >= 4 is 5.69 Å². The molecule has 0 aliphatic rings. The van der Waals surface area contributed by atoms with Gasteiger partial charge in [-0.05, 0) is 19.0 Å². The number of nitriles is 1. The molecule has 96 valence electrons. The Morgan fingerprint density at radius 2 is 2.39 bits per heavy atom. The Kier molecular flexibility index (Phi) is 5.61. The van der Waals surface area contributed by atoms with Crippen LogP contribution in [-0.4, -0.2) is 24.1 Å². The summed E-state index contributed by atoms with van der Waals surface area (Å²) in [5, 5.41) is 22.5. The second-order valence-corrected chi connectivity index (χ2v) is 3.70. The van der Waals surface area contributed by atoms with Crippen LogP contribution in [0.15, 0.2) is 24.3 Å². The van der Waals surface area contributed by atoms with Gasteiger partial charge in [-0.3, -0.25) is 15.4 Å². The molecule has 0 aliphatic carbocycles. The van der Waals surface area contributed by atoms with E-state index in [4.69, 9.17) is 10.00 Å². The highest BCUT2D eigenvalue weighted by Gasteiger charge is 2.09. The molecule has 1 atom stereocenters. The van der Waals surface area contributed by atoms with Gasteiger partial charge >= 0.3 is 0 Å². The van der Waals surface area contributed by atoms with Gasteiger partial charge in [-0.15, -0.1) is 0 Å². The zero-order chi connectivity index (χ0) is 13.4. The van der Waals surface area contributed by atoms with Crippen molar-refractivity contribution in [3.63, 3.8) is 0 Å². The Hall–Kier alpha value is -2.13. The molecule has 0 saturated heterocycles. The summed E-state index contributed by atoms with van der Waals surface area (Å²) in [6.45, 7) is 2.90. The lowest BCUT2D eigenvalue weighted by Crippen LogP contribution is -2.33. The summed E-state index contributed by atoms with van der Waals surface area (Å²) in [5.41, 5.74) is -0.0254. The Morgan fingerprint density at radius 3 is 3.00 bits per heavy atom. The molecule has 1 rings (SSSR count). The Labute approximate surface area is 105 Å². The molecule has 0 spiro atoms. The minimum atomic E-state index is -0.482. The maximum Gasteiger partial charge on any atom is 0.273 e. The molecule has 0 fully saturated rings. The van der Waals surface area contributed by atoms with Crippen molar-refractivity contribution in [1.82, 2.24) is 5.32 Å². The van der Waals surface area contributed by atoms with E-state index in [9.17, 15) is 10.1 Å². The number of nitrogens with one attached hydrogen (secondary N) is 1. The first-order chi connectivity index (χ1) is 8.67. The van der Waals surface area contributed by atoms with Gasteiger partial charge in [0, 0.05) is 6.07 Å². The molecule has 0 aliphatic heterocycles. The van der Waals surface area contributed by atoms with Crippen molar-refractivity contribution < 1.29 is 9.66 Å². The first kappa shape index (κ1) is 13.9. The molecule has 6 nitrogen and oxygen atoms in total. The number of nitrogens with zero attached hydrogens (tertiary/aromatic N) is 2. The third kappa shape index (κ3) is 4.39. The molecule has 1 N–H and O–H groups in total. The van der Waals surface area contributed by atoms with Gasteiger partial charge in [0.2, 0.25) is 0 Å². The standard InChI is InChI=1S/C12H15N3O3/c1-2-6-14-10(8-13)9-18-12-5-3-4-11(7-12)15(16)17/h3-5,7,10,14H,2,6,9H2,1H3. The van der Waals surface area contributed by atoms with Gasteiger partial charge in [0.15, 0.2) is 0 Å². The summed E-state index contributed by atoms with van der Waals surface area (Å²) in [4.78, 5) is 10.1. The Morgan fingerprint density at radius 1 is 1.61 bits per heavy atom. The molecule has 1 aromatic rings. The maximum atomic E-state index is 10.6. The van der Waals surface area contributed by atoms with Crippen LogP contribution in [-0.2, 0) is 0 Å². The molecule has 0 bridgehead atoms. The van der Waals surface area contributed by atoms with Crippen LogP contribution in [0, 0.1) is 21.4 Å². The molecule has 0 radical (unpaired) electrons. The average Bonchev–Trinajstić information content (AvgIpc) is 2.39. The Balaban J connectivity index is 2.54. The van der Waals surface area contributed by atoms with E-state index in [1.165, 1.54) is 12.1 Å². The van der Waals surface area contributed by atoms with E-state index in [1.54, 1.807) is 12.1 Å². The topological polar surface area (TPSA) is 88.2 Å². The fraction of sp³-hybridized carbons (Fsp3) is 0.417. The highest BCUT2D eigenvalue weighted by molar-refractivity contribution is 5.37. The van der Waals surface area contributed by atoms with Gasteiger partial charge in [0.25, 0.3) is 5.69 Å². The summed E-state index contributed by atoms with van der Waals surface area (Å²) in [5.74, 6) is 0.391. The molecular weight excluding hydrogens is 234 g/mol. The smallest absolute Gasteiger partial charge is 0.273 e. The predicted molar refractivity (Wildman–Crippen MR) is 66.3 cm³/mol. The molecule has 1 aromatic carbocycles. The molecular formula is C12H15N3O3.